The molecule has 110 valence electrons. The highest BCUT2D eigenvalue weighted by atomic mass is 16.2. The molecule has 2 amide bonds. The third-order valence-corrected chi connectivity index (χ3v) is 3.76. The van der Waals surface area contributed by atoms with Gasteiger partial charge < -0.3 is 10.2 Å². The van der Waals surface area contributed by atoms with Crippen LogP contribution >= 0.6 is 0 Å². The first-order valence-electron chi connectivity index (χ1n) is 7.42. The highest BCUT2D eigenvalue weighted by Gasteiger charge is 2.43. The van der Waals surface area contributed by atoms with Crippen LogP contribution in [0.4, 0.5) is 0 Å². The fourth-order valence-electron chi connectivity index (χ4n) is 2.95. The van der Waals surface area contributed by atoms with Crippen LogP contribution in [-0.4, -0.2) is 34.8 Å². The minimum absolute atomic E-state index is 0.00273. The van der Waals surface area contributed by atoms with Crippen molar-refractivity contribution in [3.8, 4) is 0 Å². The van der Waals surface area contributed by atoms with Gasteiger partial charge in [-0.2, -0.15) is 0 Å². The largest absolute Gasteiger partial charge is 0.343 e. The minimum atomic E-state index is -0.350. The summed E-state index contributed by atoms with van der Waals surface area (Å²) in [6.07, 6.45) is 1.58. The molecule has 1 fully saturated rings. The van der Waals surface area contributed by atoms with Gasteiger partial charge in [-0.25, -0.2) is 0 Å². The lowest BCUT2D eigenvalue weighted by Crippen LogP contribution is -2.66. The van der Waals surface area contributed by atoms with Crippen LogP contribution in [0.3, 0.4) is 0 Å². The maximum absolute atomic E-state index is 12.6. The third-order valence-electron chi connectivity index (χ3n) is 3.76. The number of carbonyl (C=O) groups is 2. The first-order valence-corrected chi connectivity index (χ1v) is 7.42. The molecular weight excluding hydrogens is 240 g/mol. The Balaban J connectivity index is 3.01. The van der Waals surface area contributed by atoms with Gasteiger partial charge in [0.2, 0.25) is 11.8 Å². The van der Waals surface area contributed by atoms with E-state index in [9.17, 15) is 9.59 Å². The molecule has 0 aliphatic carbocycles. The average molecular weight is 268 g/mol. The molecule has 19 heavy (non-hydrogen) atoms. The quantitative estimate of drug-likeness (QED) is 0.831. The predicted octanol–water partition coefficient (Wildman–Crippen LogP) is 2.18. The van der Waals surface area contributed by atoms with Crippen molar-refractivity contribution in [3.63, 3.8) is 0 Å². The van der Waals surface area contributed by atoms with E-state index in [0.29, 0.717) is 12.3 Å². The molecule has 1 N–H and O–H groups in total. The van der Waals surface area contributed by atoms with Crippen molar-refractivity contribution < 1.29 is 9.59 Å². The van der Waals surface area contributed by atoms with Crippen molar-refractivity contribution in [2.24, 2.45) is 11.8 Å². The molecule has 1 rings (SSSR count). The van der Waals surface area contributed by atoms with Gasteiger partial charge in [-0.15, -0.1) is 0 Å². The van der Waals surface area contributed by atoms with Crippen LogP contribution in [0.1, 0.15) is 54.4 Å². The lowest BCUT2D eigenvalue weighted by Gasteiger charge is -2.44. The first-order chi connectivity index (χ1) is 8.79. The second-order valence-corrected chi connectivity index (χ2v) is 6.38. The van der Waals surface area contributed by atoms with E-state index in [0.717, 1.165) is 6.42 Å². The van der Waals surface area contributed by atoms with Gasteiger partial charge in [-0.05, 0) is 31.6 Å². The van der Waals surface area contributed by atoms with Crippen molar-refractivity contribution in [2.45, 2.75) is 72.5 Å². The van der Waals surface area contributed by atoms with E-state index in [2.05, 4.69) is 26.1 Å². The second kappa shape index (κ2) is 6.40. The van der Waals surface area contributed by atoms with Crippen LogP contribution < -0.4 is 5.32 Å². The molecule has 1 saturated heterocycles. The third kappa shape index (κ3) is 3.48. The van der Waals surface area contributed by atoms with Gasteiger partial charge >= 0.3 is 0 Å². The Kier molecular flexibility index (Phi) is 5.39. The van der Waals surface area contributed by atoms with Gasteiger partial charge in [0.15, 0.2) is 0 Å². The number of hydrogen-bond donors (Lipinski definition) is 1. The van der Waals surface area contributed by atoms with E-state index < -0.39 is 0 Å². The first kappa shape index (κ1) is 16.0. The highest BCUT2D eigenvalue weighted by Crippen LogP contribution is 2.24. The van der Waals surface area contributed by atoms with E-state index in [1.807, 2.05) is 25.7 Å². The zero-order valence-corrected chi connectivity index (χ0v) is 13.1. The van der Waals surface area contributed by atoms with E-state index in [1.165, 1.54) is 0 Å². The van der Waals surface area contributed by atoms with Crippen molar-refractivity contribution >= 4 is 11.8 Å². The number of rotatable bonds is 5. The molecule has 1 heterocycles. The molecule has 4 heteroatoms. The van der Waals surface area contributed by atoms with Crippen molar-refractivity contribution in [1.29, 1.82) is 0 Å². The Morgan fingerprint density at radius 2 is 1.74 bits per heavy atom. The van der Waals surface area contributed by atoms with Gasteiger partial charge in [-0.1, -0.05) is 34.6 Å². The van der Waals surface area contributed by atoms with Gasteiger partial charge in [0, 0.05) is 6.04 Å². The molecule has 0 spiro atoms. The zero-order valence-electron chi connectivity index (χ0n) is 13.1. The molecule has 3 atom stereocenters. The highest BCUT2D eigenvalue weighted by molar-refractivity contribution is 5.97. The van der Waals surface area contributed by atoms with Crippen molar-refractivity contribution in [3.05, 3.63) is 0 Å². The lowest BCUT2D eigenvalue weighted by atomic mass is 9.92. The Bertz CT molecular complexity index is 339. The molecule has 0 aromatic rings. The molecule has 0 aromatic carbocycles. The molecule has 0 radical (unpaired) electrons. The van der Waals surface area contributed by atoms with E-state index in [4.69, 9.17) is 0 Å². The minimum Gasteiger partial charge on any atom is -0.343 e. The number of nitrogens with one attached hydrogen (secondary N) is 1. The Labute approximate surface area is 116 Å². The van der Waals surface area contributed by atoms with Crippen LogP contribution in [0.15, 0.2) is 0 Å². The monoisotopic (exact) mass is 268 g/mol. The second-order valence-electron chi connectivity index (χ2n) is 6.38. The summed E-state index contributed by atoms with van der Waals surface area (Å²) in [6, 6.07) is -0.568. The van der Waals surface area contributed by atoms with Crippen LogP contribution in [-0.2, 0) is 9.59 Å². The number of carbonyl (C=O) groups excluding carboxylic acids is 2. The Morgan fingerprint density at radius 1 is 1.16 bits per heavy atom. The average Bonchev–Trinajstić information content (AvgIpc) is 2.29. The number of nitrogens with zero attached hydrogens (tertiary/aromatic N) is 1. The molecule has 4 nitrogen and oxygen atoms in total. The van der Waals surface area contributed by atoms with E-state index in [-0.39, 0.29) is 35.9 Å². The van der Waals surface area contributed by atoms with Gasteiger partial charge in [0.1, 0.15) is 12.1 Å². The maximum Gasteiger partial charge on any atom is 0.246 e. The number of amides is 2. The van der Waals surface area contributed by atoms with Gasteiger partial charge in [0.25, 0.3) is 0 Å². The molecule has 3 unspecified atom stereocenters. The van der Waals surface area contributed by atoms with Crippen molar-refractivity contribution in [2.75, 3.05) is 0 Å². The summed E-state index contributed by atoms with van der Waals surface area (Å²) in [5.41, 5.74) is 0. The lowest BCUT2D eigenvalue weighted by molar-refractivity contribution is -0.154. The molecule has 0 bridgehead atoms. The summed E-state index contributed by atoms with van der Waals surface area (Å²) in [5, 5.41) is 2.86. The number of piperazine rings is 1. The Hall–Kier alpha value is -1.06. The fourth-order valence-corrected chi connectivity index (χ4v) is 2.95. The van der Waals surface area contributed by atoms with Crippen LogP contribution in [0.5, 0.6) is 0 Å². The van der Waals surface area contributed by atoms with Crippen LogP contribution in [0, 0.1) is 11.8 Å². The summed E-state index contributed by atoms with van der Waals surface area (Å²) < 4.78 is 0. The van der Waals surface area contributed by atoms with E-state index >= 15 is 0 Å². The molecule has 0 aromatic heterocycles. The SMILES string of the molecule is CCC1NC(=O)C(C(C)C)N(C(C)CC(C)C)C1=O. The standard InChI is InChI=1S/C15H28N2O2/c1-7-12-15(19)17(11(6)8-9(2)3)13(10(4)5)14(18)16-12/h9-13H,7-8H2,1-6H3,(H,16,18). The maximum atomic E-state index is 12.6. The number of hydrogen-bond acceptors (Lipinski definition) is 2. The molecule has 1 aliphatic rings. The summed E-state index contributed by atoms with van der Waals surface area (Å²) in [6.45, 7) is 12.3. The smallest absolute Gasteiger partial charge is 0.246 e. The summed E-state index contributed by atoms with van der Waals surface area (Å²) >= 11 is 0. The Morgan fingerprint density at radius 3 is 2.16 bits per heavy atom. The molecule has 1 aliphatic heterocycles. The van der Waals surface area contributed by atoms with Crippen LogP contribution in [0.2, 0.25) is 0 Å². The normalized spacial score (nSPS) is 26.0. The molecule has 0 saturated carbocycles. The molecular formula is C15H28N2O2. The summed E-state index contributed by atoms with van der Waals surface area (Å²) in [5.74, 6) is 0.725. The van der Waals surface area contributed by atoms with Gasteiger partial charge in [-0.3, -0.25) is 9.59 Å². The summed E-state index contributed by atoms with van der Waals surface area (Å²) in [7, 11) is 0. The zero-order chi connectivity index (χ0) is 14.7. The van der Waals surface area contributed by atoms with Gasteiger partial charge in [0.05, 0.1) is 0 Å². The van der Waals surface area contributed by atoms with Crippen LogP contribution in [0.25, 0.3) is 0 Å². The topological polar surface area (TPSA) is 49.4 Å². The predicted molar refractivity (Wildman–Crippen MR) is 76.6 cm³/mol. The fraction of sp³-hybridized carbons (Fsp3) is 0.867. The summed E-state index contributed by atoms with van der Waals surface area (Å²) in [4.78, 5) is 26.6. The van der Waals surface area contributed by atoms with Crippen molar-refractivity contribution in [1.82, 2.24) is 10.2 Å². The van der Waals surface area contributed by atoms with E-state index in [1.54, 1.807) is 0 Å².